The lowest BCUT2D eigenvalue weighted by Crippen LogP contribution is -2.43. The average molecular weight is 251 g/mol. The van der Waals surface area contributed by atoms with Gasteiger partial charge < -0.3 is 4.90 Å². The number of nitrogens with zero attached hydrogens (tertiary/aromatic N) is 3. The van der Waals surface area contributed by atoms with Gasteiger partial charge in [0.1, 0.15) is 11.0 Å². The van der Waals surface area contributed by atoms with Gasteiger partial charge in [-0.05, 0) is 39.0 Å². The van der Waals surface area contributed by atoms with E-state index in [4.69, 9.17) is 0 Å². The van der Waals surface area contributed by atoms with E-state index in [9.17, 15) is 4.21 Å². The van der Waals surface area contributed by atoms with E-state index in [1.54, 1.807) is 0 Å². The predicted molar refractivity (Wildman–Crippen MR) is 69.2 cm³/mol. The molecule has 1 aromatic heterocycles. The van der Waals surface area contributed by atoms with Crippen LogP contribution in [0.25, 0.3) is 0 Å². The molecule has 5 heteroatoms. The van der Waals surface area contributed by atoms with Crippen LogP contribution in [-0.4, -0.2) is 41.3 Å². The zero-order valence-corrected chi connectivity index (χ0v) is 11.0. The fourth-order valence-electron chi connectivity index (χ4n) is 2.89. The second kappa shape index (κ2) is 3.78. The van der Waals surface area contributed by atoms with Gasteiger partial charge in [0.05, 0.1) is 16.6 Å². The van der Waals surface area contributed by atoms with E-state index in [1.807, 2.05) is 29.8 Å². The molecule has 92 valence electrons. The topological polar surface area (TPSA) is 36.4 Å². The fourth-order valence-corrected chi connectivity index (χ4v) is 4.63. The van der Waals surface area contributed by atoms with Crippen molar-refractivity contribution in [2.45, 2.75) is 17.6 Å². The molecular weight excluding hydrogens is 234 g/mol. The van der Waals surface area contributed by atoms with E-state index in [-0.39, 0.29) is 4.75 Å². The Morgan fingerprint density at radius 1 is 1.35 bits per heavy atom. The van der Waals surface area contributed by atoms with Gasteiger partial charge in [-0.2, -0.15) is 0 Å². The molecule has 0 amide bonds. The third kappa shape index (κ3) is 1.45. The minimum absolute atomic E-state index is 0.167. The Balaban J connectivity index is 2.09. The molecular formula is C12H17N3OS. The third-order valence-electron chi connectivity index (χ3n) is 4.01. The van der Waals surface area contributed by atoms with Gasteiger partial charge in [0.25, 0.3) is 0 Å². The molecule has 2 aliphatic heterocycles. The molecule has 1 atom stereocenters. The lowest BCUT2D eigenvalue weighted by Gasteiger charge is -2.36. The molecule has 1 aromatic rings. The smallest absolute Gasteiger partial charge is 0.130 e. The van der Waals surface area contributed by atoms with Crippen LogP contribution in [0, 0.1) is 0 Å². The predicted octanol–water partition coefficient (Wildman–Crippen LogP) is 1.12. The highest BCUT2D eigenvalue weighted by atomic mass is 32.2. The quantitative estimate of drug-likeness (QED) is 0.693. The molecule has 1 saturated heterocycles. The molecule has 3 heterocycles. The van der Waals surface area contributed by atoms with Gasteiger partial charge in [-0.15, -0.1) is 0 Å². The Hall–Kier alpha value is -0.940. The summed E-state index contributed by atoms with van der Waals surface area (Å²) in [6.45, 7) is 2.03. The summed E-state index contributed by atoms with van der Waals surface area (Å²) in [7, 11) is 3.08. The number of likely N-dealkylation sites (tertiary alicyclic amines) is 1. The van der Waals surface area contributed by atoms with E-state index in [1.165, 1.54) is 5.56 Å². The number of piperidine rings is 1. The molecule has 17 heavy (non-hydrogen) atoms. The summed E-state index contributed by atoms with van der Waals surface area (Å²) >= 11 is 0. The molecule has 0 saturated carbocycles. The van der Waals surface area contributed by atoms with Gasteiger partial charge in [0.2, 0.25) is 0 Å². The number of anilines is 1. The molecule has 0 bridgehead atoms. The van der Waals surface area contributed by atoms with Crippen molar-refractivity contribution >= 4 is 16.7 Å². The van der Waals surface area contributed by atoms with Crippen molar-refractivity contribution in [3.05, 3.63) is 24.0 Å². The molecule has 0 N–H and O–H groups in total. The number of aromatic nitrogens is 1. The zero-order valence-electron chi connectivity index (χ0n) is 10.2. The van der Waals surface area contributed by atoms with E-state index in [0.29, 0.717) is 0 Å². The van der Waals surface area contributed by atoms with Crippen LogP contribution in [0.3, 0.4) is 0 Å². The molecule has 1 spiro atoms. The molecule has 2 aliphatic rings. The average Bonchev–Trinajstić information content (AvgIpc) is 2.57. The normalized spacial score (nSPS) is 27.4. The minimum Gasteiger partial charge on any atom is -0.306 e. The standard InChI is InChI=1S/C12H17N3OS/c1-14-7-4-12(5-8-14)10-3-6-13-9-11(10)15(2)17(12)16/h3,6,9H,4-5,7-8H2,1-2H3. The Morgan fingerprint density at radius 2 is 2.06 bits per heavy atom. The monoisotopic (exact) mass is 251 g/mol. The van der Waals surface area contributed by atoms with Crippen molar-refractivity contribution in [3.8, 4) is 0 Å². The van der Waals surface area contributed by atoms with Gasteiger partial charge in [-0.25, -0.2) is 4.21 Å². The maximum atomic E-state index is 12.6. The first-order valence-corrected chi connectivity index (χ1v) is 7.04. The Morgan fingerprint density at radius 3 is 2.76 bits per heavy atom. The summed E-state index contributed by atoms with van der Waals surface area (Å²) < 4.78 is 14.4. The van der Waals surface area contributed by atoms with Crippen LogP contribution >= 0.6 is 0 Å². The maximum absolute atomic E-state index is 12.6. The van der Waals surface area contributed by atoms with Crippen molar-refractivity contribution in [1.29, 1.82) is 0 Å². The second-order valence-electron chi connectivity index (χ2n) is 4.94. The largest absolute Gasteiger partial charge is 0.306 e. The SMILES string of the molecule is CN1CCC2(CC1)c1ccncc1N(C)S2=O. The summed E-state index contributed by atoms with van der Waals surface area (Å²) in [5.74, 6) is 0. The van der Waals surface area contributed by atoms with Crippen LogP contribution in [-0.2, 0) is 15.7 Å². The summed E-state index contributed by atoms with van der Waals surface area (Å²) in [6.07, 6.45) is 5.59. The first-order chi connectivity index (χ1) is 8.15. The molecule has 0 aromatic carbocycles. The lowest BCUT2D eigenvalue weighted by molar-refractivity contribution is 0.238. The molecule has 4 nitrogen and oxygen atoms in total. The first-order valence-electron chi connectivity index (χ1n) is 5.94. The van der Waals surface area contributed by atoms with Crippen molar-refractivity contribution in [1.82, 2.24) is 9.88 Å². The number of fused-ring (bicyclic) bond motifs is 2. The van der Waals surface area contributed by atoms with Gasteiger partial charge in [-0.1, -0.05) is 0 Å². The first kappa shape index (κ1) is 11.2. The van der Waals surface area contributed by atoms with Gasteiger partial charge >= 0.3 is 0 Å². The van der Waals surface area contributed by atoms with Crippen molar-refractivity contribution in [3.63, 3.8) is 0 Å². The van der Waals surface area contributed by atoms with Gasteiger partial charge in [-0.3, -0.25) is 9.29 Å². The molecule has 0 radical (unpaired) electrons. The van der Waals surface area contributed by atoms with Crippen LogP contribution in [0.1, 0.15) is 18.4 Å². The molecule has 3 rings (SSSR count). The van der Waals surface area contributed by atoms with Crippen LogP contribution in [0.2, 0.25) is 0 Å². The van der Waals surface area contributed by atoms with Crippen molar-refractivity contribution < 1.29 is 4.21 Å². The molecule has 1 unspecified atom stereocenters. The number of hydrogen-bond acceptors (Lipinski definition) is 3. The number of hydrogen-bond donors (Lipinski definition) is 0. The highest BCUT2D eigenvalue weighted by Gasteiger charge is 2.49. The summed E-state index contributed by atoms with van der Waals surface area (Å²) in [6, 6.07) is 2.04. The van der Waals surface area contributed by atoms with Crippen LogP contribution < -0.4 is 4.31 Å². The summed E-state index contributed by atoms with van der Waals surface area (Å²) in [4.78, 5) is 6.45. The van der Waals surface area contributed by atoms with Gasteiger partial charge in [0.15, 0.2) is 0 Å². The second-order valence-corrected chi connectivity index (χ2v) is 6.76. The van der Waals surface area contributed by atoms with Crippen LogP contribution in [0.4, 0.5) is 5.69 Å². The Kier molecular flexibility index (Phi) is 2.48. The zero-order chi connectivity index (χ0) is 12.0. The third-order valence-corrected chi connectivity index (χ3v) is 6.00. The minimum atomic E-state index is -0.957. The van der Waals surface area contributed by atoms with Crippen molar-refractivity contribution in [2.75, 3.05) is 31.5 Å². The van der Waals surface area contributed by atoms with Crippen LogP contribution in [0.15, 0.2) is 18.5 Å². The Bertz CT molecular complexity index is 469. The van der Waals surface area contributed by atoms with E-state index < -0.39 is 11.0 Å². The van der Waals surface area contributed by atoms with E-state index >= 15 is 0 Å². The summed E-state index contributed by atoms with van der Waals surface area (Å²) in [5, 5.41) is 0. The van der Waals surface area contributed by atoms with Crippen LogP contribution in [0.5, 0.6) is 0 Å². The highest BCUT2D eigenvalue weighted by Crippen LogP contribution is 2.49. The number of rotatable bonds is 0. The van der Waals surface area contributed by atoms with E-state index in [2.05, 4.69) is 16.9 Å². The maximum Gasteiger partial charge on any atom is 0.130 e. The summed E-state index contributed by atoms with van der Waals surface area (Å²) in [5.41, 5.74) is 2.26. The Labute approximate surface area is 104 Å². The molecule has 1 fully saturated rings. The van der Waals surface area contributed by atoms with E-state index in [0.717, 1.165) is 31.6 Å². The number of pyridine rings is 1. The fraction of sp³-hybridized carbons (Fsp3) is 0.583. The van der Waals surface area contributed by atoms with Gasteiger partial charge in [0, 0.05) is 18.8 Å². The highest BCUT2D eigenvalue weighted by molar-refractivity contribution is 7.87. The van der Waals surface area contributed by atoms with Crippen molar-refractivity contribution in [2.24, 2.45) is 0 Å². The molecule has 0 aliphatic carbocycles. The lowest BCUT2D eigenvalue weighted by atomic mass is 9.88.